The van der Waals surface area contributed by atoms with E-state index in [2.05, 4.69) is 47.1 Å². The molecule has 1 aliphatic rings. The van der Waals surface area contributed by atoms with Crippen LogP contribution in [-0.2, 0) is 6.42 Å². The van der Waals surface area contributed by atoms with E-state index in [4.69, 9.17) is 0 Å². The normalized spacial score (nSPS) is 14.5. The van der Waals surface area contributed by atoms with Gasteiger partial charge < -0.3 is 9.88 Å². The molecule has 0 spiro atoms. The average Bonchev–Trinajstić information content (AvgIpc) is 2.90. The lowest BCUT2D eigenvalue weighted by molar-refractivity contribution is 0.750. The Morgan fingerprint density at radius 1 is 1.26 bits per heavy atom. The van der Waals surface area contributed by atoms with Crippen LogP contribution in [0.1, 0.15) is 18.9 Å². The van der Waals surface area contributed by atoms with Crippen LogP contribution in [-0.4, -0.2) is 18.1 Å². The SMILES string of the molecule is CCCN1CCc2cccc3c2c1cc1cc[nH]c13. The molecule has 0 amide bonds. The molecule has 0 radical (unpaired) electrons. The molecule has 2 nitrogen and oxygen atoms in total. The van der Waals surface area contributed by atoms with E-state index in [0.29, 0.717) is 0 Å². The zero-order valence-corrected chi connectivity index (χ0v) is 11.2. The number of rotatable bonds is 2. The van der Waals surface area contributed by atoms with Gasteiger partial charge in [0, 0.05) is 41.1 Å². The maximum atomic E-state index is 3.39. The lowest BCUT2D eigenvalue weighted by Crippen LogP contribution is -2.29. The first kappa shape index (κ1) is 10.9. The van der Waals surface area contributed by atoms with Gasteiger partial charge in [0.1, 0.15) is 0 Å². The van der Waals surface area contributed by atoms with E-state index >= 15 is 0 Å². The van der Waals surface area contributed by atoms with E-state index in [0.717, 1.165) is 19.5 Å². The molecule has 0 bridgehead atoms. The molecule has 19 heavy (non-hydrogen) atoms. The van der Waals surface area contributed by atoms with Gasteiger partial charge in [-0.3, -0.25) is 0 Å². The van der Waals surface area contributed by atoms with E-state index in [1.54, 1.807) is 0 Å². The fraction of sp³-hybridized carbons (Fsp3) is 0.294. The van der Waals surface area contributed by atoms with Crippen molar-refractivity contribution in [1.29, 1.82) is 0 Å². The Morgan fingerprint density at radius 2 is 2.21 bits per heavy atom. The highest BCUT2D eigenvalue weighted by Gasteiger charge is 2.19. The van der Waals surface area contributed by atoms with Crippen LogP contribution in [0.2, 0.25) is 0 Å². The first-order chi connectivity index (χ1) is 9.38. The van der Waals surface area contributed by atoms with E-state index in [-0.39, 0.29) is 0 Å². The van der Waals surface area contributed by atoms with E-state index in [1.165, 1.54) is 39.3 Å². The van der Waals surface area contributed by atoms with Gasteiger partial charge in [-0.2, -0.15) is 0 Å². The standard InChI is InChI=1S/C17H18N2/c1-2-9-19-10-7-12-4-3-5-14-16(12)15(19)11-13-6-8-18-17(13)14/h3-6,8,11,18H,2,7,9-10H2,1H3. The van der Waals surface area contributed by atoms with Crippen molar-refractivity contribution in [3.05, 3.63) is 42.1 Å². The van der Waals surface area contributed by atoms with Crippen molar-refractivity contribution >= 4 is 27.4 Å². The summed E-state index contributed by atoms with van der Waals surface area (Å²) in [6.07, 6.45) is 4.41. The molecule has 2 aromatic carbocycles. The number of nitrogens with zero attached hydrogens (tertiary/aromatic N) is 1. The molecular weight excluding hydrogens is 232 g/mol. The van der Waals surface area contributed by atoms with Gasteiger partial charge in [-0.15, -0.1) is 0 Å². The number of aromatic amines is 1. The Morgan fingerprint density at radius 3 is 3.11 bits per heavy atom. The number of aromatic nitrogens is 1. The molecule has 0 aliphatic carbocycles. The molecule has 0 saturated heterocycles. The summed E-state index contributed by atoms with van der Waals surface area (Å²) < 4.78 is 0. The van der Waals surface area contributed by atoms with Crippen molar-refractivity contribution in [1.82, 2.24) is 4.98 Å². The van der Waals surface area contributed by atoms with Gasteiger partial charge in [0.2, 0.25) is 0 Å². The summed E-state index contributed by atoms with van der Waals surface area (Å²) in [6.45, 7) is 4.56. The molecule has 0 fully saturated rings. The fourth-order valence-electron chi connectivity index (χ4n) is 3.40. The smallest absolute Gasteiger partial charge is 0.0535 e. The number of fused-ring (bicyclic) bond motifs is 2. The summed E-state index contributed by atoms with van der Waals surface area (Å²) in [6, 6.07) is 11.3. The monoisotopic (exact) mass is 250 g/mol. The largest absolute Gasteiger partial charge is 0.371 e. The minimum atomic E-state index is 1.15. The van der Waals surface area contributed by atoms with Crippen molar-refractivity contribution in [3.63, 3.8) is 0 Å². The van der Waals surface area contributed by atoms with Crippen LogP contribution in [0, 0.1) is 0 Å². The maximum Gasteiger partial charge on any atom is 0.0535 e. The highest BCUT2D eigenvalue weighted by atomic mass is 15.1. The molecule has 0 atom stereocenters. The minimum Gasteiger partial charge on any atom is -0.371 e. The third kappa shape index (κ3) is 1.49. The molecule has 2 heteroatoms. The molecule has 0 unspecified atom stereocenters. The fourth-order valence-corrected chi connectivity index (χ4v) is 3.40. The summed E-state index contributed by atoms with van der Waals surface area (Å²) in [5, 5.41) is 4.15. The van der Waals surface area contributed by atoms with Crippen LogP contribution >= 0.6 is 0 Å². The number of nitrogens with one attached hydrogen (secondary N) is 1. The third-order valence-corrected chi connectivity index (χ3v) is 4.23. The molecule has 0 saturated carbocycles. The quantitative estimate of drug-likeness (QED) is 0.725. The predicted octanol–water partition coefficient (Wildman–Crippen LogP) is 4.09. The van der Waals surface area contributed by atoms with Gasteiger partial charge in [-0.1, -0.05) is 25.1 Å². The molecule has 3 aromatic rings. The number of benzene rings is 2. The number of anilines is 1. The summed E-state index contributed by atoms with van der Waals surface area (Å²) in [7, 11) is 0. The molecule has 2 heterocycles. The lowest BCUT2D eigenvalue weighted by atomic mass is 9.94. The Hall–Kier alpha value is -1.96. The Balaban J connectivity index is 2.12. The molecule has 1 N–H and O–H groups in total. The zero-order valence-electron chi connectivity index (χ0n) is 11.2. The Labute approximate surface area is 113 Å². The lowest BCUT2D eigenvalue weighted by Gasteiger charge is -2.31. The van der Waals surface area contributed by atoms with Gasteiger partial charge in [0.15, 0.2) is 0 Å². The van der Waals surface area contributed by atoms with Gasteiger partial charge in [0.05, 0.1) is 5.52 Å². The zero-order chi connectivity index (χ0) is 12.8. The van der Waals surface area contributed by atoms with E-state index < -0.39 is 0 Å². The van der Waals surface area contributed by atoms with Crippen LogP contribution < -0.4 is 4.90 Å². The first-order valence-electron chi connectivity index (χ1n) is 7.15. The van der Waals surface area contributed by atoms with Crippen LogP contribution in [0.4, 0.5) is 5.69 Å². The van der Waals surface area contributed by atoms with Crippen molar-refractivity contribution in [2.45, 2.75) is 19.8 Å². The van der Waals surface area contributed by atoms with E-state index in [9.17, 15) is 0 Å². The first-order valence-corrected chi connectivity index (χ1v) is 7.15. The molecule has 1 aromatic heterocycles. The Bertz CT molecular complexity index is 754. The number of H-pyrrole nitrogens is 1. The summed E-state index contributed by atoms with van der Waals surface area (Å²) >= 11 is 0. The van der Waals surface area contributed by atoms with Crippen LogP contribution in [0.3, 0.4) is 0 Å². The van der Waals surface area contributed by atoms with Gasteiger partial charge in [-0.25, -0.2) is 0 Å². The van der Waals surface area contributed by atoms with Crippen molar-refractivity contribution in [2.24, 2.45) is 0 Å². The van der Waals surface area contributed by atoms with Crippen molar-refractivity contribution in [3.8, 4) is 0 Å². The molecular formula is C17H18N2. The third-order valence-electron chi connectivity index (χ3n) is 4.23. The second kappa shape index (κ2) is 4.02. The van der Waals surface area contributed by atoms with Gasteiger partial charge in [0.25, 0.3) is 0 Å². The van der Waals surface area contributed by atoms with Crippen LogP contribution in [0.5, 0.6) is 0 Å². The minimum absolute atomic E-state index is 1.15. The molecule has 1 aliphatic heterocycles. The number of hydrogen-bond acceptors (Lipinski definition) is 1. The van der Waals surface area contributed by atoms with Crippen molar-refractivity contribution < 1.29 is 0 Å². The average molecular weight is 250 g/mol. The molecule has 4 rings (SSSR count). The second-order valence-corrected chi connectivity index (χ2v) is 5.41. The van der Waals surface area contributed by atoms with Crippen LogP contribution in [0.25, 0.3) is 21.7 Å². The van der Waals surface area contributed by atoms with Crippen molar-refractivity contribution in [2.75, 3.05) is 18.0 Å². The predicted molar refractivity (Wildman–Crippen MR) is 82.0 cm³/mol. The highest BCUT2D eigenvalue weighted by molar-refractivity contribution is 6.13. The van der Waals surface area contributed by atoms with Crippen LogP contribution in [0.15, 0.2) is 36.5 Å². The topological polar surface area (TPSA) is 19.0 Å². The van der Waals surface area contributed by atoms with Gasteiger partial charge in [-0.05, 0) is 30.5 Å². The second-order valence-electron chi connectivity index (χ2n) is 5.41. The van der Waals surface area contributed by atoms with E-state index in [1.807, 2.05) is 6.20 Å². The summed E-state index contributed by atoms with van der Waals surface area (Å²) in [5.74, 6) is 0. The number of hydrogen-bond donors (Lipinski definition) is 1. The summed E-state index contributed by atoms with van der Waals surface area (Å²) in [5.41, 5.74) is 4.20. The van der Waals surface area contributed by atoms with Gasteiger partial charge >= 0.3 is 0 Å². The molecule has 96 valence electrons. The maximum absolute atomic E-state index is 3.39. The highest BCUT2D eigenvalue weighted by Crippen LogP contribution is 2.38. The Kier molecular flexibility index (Phi) is 2.31. The summed E-state index contributed by atoms with van der Waals surface area (Å²) in [4.78, 5) is 5.94.